The molecule has 1 heteroatoms. The molecule has 6 aromatic rings. The van der Waals surface area contributed by atoms with Crippen molar-refractivity contribution in [2.24, 2.45) is 0 Å². The van der Waals surface area contributed by atoms with E-state index >= 15 is 0 Å². The zero-order valence-corrected chi connectivity index (χ0v) is 14.2. The summed E-state index contributed by atoms with van der Waals surface area (Å²) in [6.45, 7) is 0. The molecule has 0 aliphatic heterocycles. The first-order valence-corrected chi connectivity index (χ1v) is 8.96. The minimum absolute atomic E-state index is 1.25. The summed E-state index contributed by atoms with van der Waals surface area (Å²) in [5, 5.41) is 10.4. The Morgan fingerprint density at radius 1 is 0.462 bits per heavy atom. The van der Waals surface area contributed by atoms with Crippen LogP contribution >= 0.6 is 0 Å². The predicted molar refractivity (Wildman–Crippen MR) is 110 cm³/mol. The molecule has 0 saturated heterocycles. The van der Waals surface area contributed by atoms with Gasteiger partial charge in [0.1, 0.15) is 0 Å². The minimum atomic E-state index is 1.25. The molecule has 0 saturated carbocycles. The van der Waals surface area contributed by atoms with Gasteiger partial charge in [0, 0.05) is 17.5 Å². The van der Waals surface area contributed by atoms with Crippen LogP contribution in [0.3, 0.4) is 0 Å². The van der Waals surface area contributed by atoms with E-state index in [0.29, 0.717) is 0 Å². The Hall–Kier alpha value is -3.45. The number of pyridine rings is 2. The van der Waals surface area contributed by atoms with Crippen molar-refractivity contribution >= 4 is 48.6 Å². The molecule has 0 atom stereocenters. The van der Waals surface area contributed by atoms with Crippen molar-refractivity contribution in [3.63, 3.8) is 0 Å². The molecule has 1 nitrogen and oxygen atoms in total. The molecule has 0 spiro atoms. The van der Waals surface area contributed by atoms with Gasteiger partial charge in [-0.3, -0.25) is 0 Å². The summed E-state index contributed by atoms with van der Waals surface area (Å²) in [7, 11) is 0. The lowest BCUT2D eigenvalue weighted by Crippen LogP contribution is -2.20. The number of hydrogen-bond acceptors (Lipinski definition) is 0. The van der Waals surface area contributed by atoms with Gasteiger partial charge in [-0.15, -0.1) is 0 Å². The van der Waals surface area contributed by atoms with Crippen LogP contribution in [0.15, 0.2) is 97.3 Å². The van der Waals surface area contributed by atoms with Gasteiger partial charge in [-0.25, -0.2) is 0 Å². The molecule has 120 valence electrons. The predicted octanol–water partition coefficient (Wildman–Crippen LogP) is 6.04. The topological polar surface area (TPSA) is 4.10 Å². The summed E-state index contributed by atoms with van der Waals surface area (Å²) in [5.74, 6) is 0. The SMILES string of the molecule is c1ccc2c(c1)cc[n+]1cc3c4ccccc4c4ccccc4c3cc21. The first-order valence-electron chi connectivity index (χ1n) is 8.96. The van der Waals surface area contributed by atoms with Crippen LogP contribution in [0.5, 0.6) is 0 Å². The van der Waals surface area contributed by atoms with E-state index < -0.39 is 0 Å². The Kier molecular flexibility index (Phi) is 2.67. The second kappa shape index (κ2) is 5.03. The fourth-order valence-corrected chi connectivity index (χ4v) is 4.29. The Morgan fingerprint density at radius 2 is 1.00 bits per heavy atom. The Labute approximate surface area is 150 Å². The van der Waals surface area contributed by atoms with Gasteiger partial charge in [-0.1, -0.05) is 66.7 Å². The highest BCUT2D eigenvalue weighted by atomic mass is 14.8. The maximum Gasteiger partial charge on any atom is 0.219 e. The molecule has 0 N–H and O–H groups in total. The van der Waals surface area contributed by atoms with E-state index in [0.717, 1.165) is 0 Å². The highest BCUT2D eigenvalue weighted by molar-refractivity contribution is 6.25. The molecular weight excluding hydrogens is 314 g/mol. The van der Waals surface area contributed by atoms with Crippen LogP contribution in [0.25, 0.3) is 48.6 Å². The zero-order valence-electron chi connectivity index (χ0n) is 14.2. The molecule has 0 bridgehead atoms. The summed E-state index contributed by atoms with van der Waals surface area (Å²) in [6, 6.07) is 30.6. The lowest BCUT2D eigenvalue weighted by atomic mass is 9.95. The minimum Gasteiger partial charge on any atom is -0.166 e. The van der Waals surface area contributed by atoms with Crippen molar-refractivity contribution in [2.45, 2.75) is 0 Å². The fourth-order valence-electron chi connectivity index (χ4n) is 4.29. The Balaban J connectivity index is 1.95. The highest BCUT2D eigenvalue weighted by Gasteiger charge is 2.14. The third-order valence-electron chi connectivity index (χ3n) is 5.49. The van der Waals surface area contributed by atoms with Gasteiger partial charge >= 0.3 is 0 Å². The summed E-state index contributed by atoms with van der Waals surface area (Å²) in [4.78, 5) is 0. The van der Waals surface area contributed by atoms with Gasteiger partial charge in [0.15, 0.2) is 12.4 Å². The maximum atomic E-state index is 2.35. The number of hydrogen-bond donors (Lipinski definition) is 0. The number of nitrogens with zero attached hydrogens (tertiary/aromatic N) is 1. The van der Waals surface area contributed by atoms with Gasteiger partial charge < -0.3 is 0 Å². The van der Waals surface area contributed by atoms with E-state index in [1.165, 1.54) is 48.6 Å². The number of rotatable bonds is 0. The largest absolute Gasteiger partial charge is 0.219 e. The normalized spacial score (nSPS) is 11.8. The smallest absolute Gasteiger partial charge is 0.166 e. The van der Waals surface area contributed by atoms with Crippen molar-refractivity contribution in [1.29, 1.82) is 0 Å². The molecule has 26 heavy (non-hydrogen) atoms. The first-order chi connectivity index (χ1) is 12.9. The van der Waals surface area contributed by atoms with Gasteiger partial charge in [0.25, 0.3) is 0 Å². The maximum absolute atomic E-state index is 2.35. The standard InChI is InChI=1S/C25H16N/c1-2-8-18-17(7-1)13-14-26-16-24-22-12-6-4-10-20(22)19-9-3-5-11-21(19)23(24)15-25(18)26/h1-16H/q+1. The van der Waals surface area contributed by atoms with Crippen molar-refractivity contribution in [3.05, 3.63) is 97.3 Å². The van der Waals surface area contributed by atoms with Crippen molar-refractivity contribution in [1.82, 2.24) is 0 Å². The quantitative estimate of drug-likeness (QED) is 0.182. The van der Waals surface area contributed by atoms with Gasteiger partial charge in [0.05, 0.1) is 10.8 Å². The number of benzene rings is 4. The lowest BCUT2D eigenvalue weighted by Gasteiger charge is -2.09. The molecule has 0 amide bonds. The van der Waals surface area contributed by atoms with E-state index in [4.69, 9.17) is 0 Å². The van der Waals surface area contributed by atoms with Crippen LogP contribution in [0.2, 0.25) is 0 Å². The third-order valence-corrected chi connectivity index (χ3v) is 5.49. The lowest BCUT2D eigenvalue weighted by molar-refractivity contribution is -0.509. The van der Waals surface area contributed by atoms with Crippen LogP contribution in [-0.4, -0.2) is 0 Å². The van der Waals surface area contributed by atoms with Crippen LogP contribution in [-0.2, 0) is 0 Å². The summed E-state index contributed by atoms with van der Waals surface area (Å²) >= 11 is 0. The molecular formula is C25H16N+. The third kappa shape index (κ3) is 1.77. The molecule has 0 aliphatic rings. The monoisotopic (exact) mass is 330 g/mol. The van der Waals surface area contributed by atoms with Crippen molar-refractivity contribution in [2.75, 3.05) is 0 Å². The van der Waals surface area contributed by atoms with E-state index in [1.54, 1.807) is 0 Å². The van der Waals surface area contributed by atoms with Crippen LogP contribution in [0.4, 0.5) is 0 Å². The number of fused-ring (bicyclic) bond motifs is 9. The molecule has 2 aromatic heterocycles. The van der Waals surface area contributed by atoms with Gasteiger partial charge in [0.2, 0.25) is 5.52 Å². The van der Waals surface area contributed by atoms with Gasteiger partial charge in [-0.05, 0) is 33.0 Å². The van der Waals surface area contributed by atoms with Crippen LogP contribution in [0.1, 0.15) is 0 Å². The highest BCUT2D eigenvalue weighted by Crippen LogP contribution is 2.35. The average Bonchev–Trinajstić information content (AvgIpc) is 2.73. The second-order valence-electron chi connectivity index (χ2n) is 6.89. The summed E-state index contributed by atoms with van der Waals surface area (Å²) in [5.41, 5.74) is 1.25. The molecule has 2 heterocycles. The zero-order chi connectivity index (χ0) is 17.1. The van der Waals surface area contributed by atoms with E-state index in [1.807, 2.05) is 0 Å². The molecule has 0 aliphatic carbocycles. The van der Waals surface area contributed by atoms with Crippen LogP contribution < -0.4 is 4.40 Å². The van der Waals surface area contributed by atoms with Crippen molar-refractivity contribution < 1.29 is 4.40 Å². The first kappa shape index (κ1) is 13.8. The summed E-state index contributed by atoms with van der Waals surface area (Å²) < 4.78 is 2.26. The Morgan fingerprint density at radius 3 is 1.69 bits per heavy atom. The van der Waals surface area contributed by atoms with Gasteiger partial charge in [-0.2, -0.15) is 4.40 Å². The van der Waals surface area contributed by atoms with E-state index in [2.05, 4.69) is 102 Å². The Bertz CT molecular complexity index is 1480. The molecule has 6 rings (SSSR count). The number of aromatic nitrogens is 1. The van der Waals surface area contributed by atoms with Crippen molar-refractivity contribution in [3.8, 4) is 0 Å². The molecule has 4 aromatic carbocycles. The van der Waals surface area contributed by atoms with E-state index in [9.17, 15) is 0 Å². The molecule has 0 radical (unpaired) electrons. The molecule has 0 unspecified atom stereocenters. The molecule has 0 fully saturated rings. The van der Waals surface area contributed by atoms with Crippen LogP contribution in [0, 0.1) is 0 Å². The van der Waals surface area contributed by atoms with E-state index in [-0.39, 0.29) is 0 Å². The summed E-state index contributed by atoms with van der Waals surface area (Å²) in [6.07, 6.45) is 4.45. The fraction of sp³-hybridized carbons (Fsp3) is 0. The average molecular weight is 330 g/mol. The second-order valence-corrected chi connectivity index (χ2v) is 6.89.